The van der Waals surface area contributed by atoms with Gasteiger partial charge in [0.05, 0.1) is 33.0 Å². The Bertz CT molecular complexity index is 1740. The summed E-state index contributed by atoms with van der Waals surface area (Å²) in [6, 6.07) is 5.80. The number of benzene rings is 2. The predicted octanol–water partition coefficient (Wildman–Crippen LogP) is 5.60. The largest absolute Gasteiger partial charge is 0.383 e. The third-order valence-electron chi connectivity index (χ3n) is 6.91. The number of carbonyl (C=O) groups is 1. The van der Waals surface area contributed by atoms with Gasteiger partial charge in [-0.05, 0) is 37.1 Å². The summed E-state index contributed by atoms with van der Waals surface area (Å²) in [5.41, 5.74) is 14.2. The second-order valence-corrected chi connectivity index (χ2v) is 10.4. The molecule has 0 spiro atoms. The standard InChI is InChI=1S/C26H20ClF2N7OS/c1-11(13-3-2-7-32-24(13)30)36-8-6-14-18(25(36)37)17(12-9-33-34-10-12)21(29)19(20(14)27)15-4-5-16(28)23-22(15)35-26(31)38-23/h2-5,7,9-11H,6,8H2,1H3,(H2,30,32)(H2,31,35)(H,33,34). The number of fused-ring (bicyclic) bond motifs is 2. The Labute approximate surface area is 224 Å². The first-order valence-electron chi connectivity index (χ1n) is 11.7. The number of nitrogens with zero attached hydrogens (tertiary/aromatic N) is 4. The first-order chi connectivity index (χ1) is 18.3. The maximum atomic E-state index is 16.6. The molecule has 0 fully saturated rings. The van der Waals surface area contributed by atoms with Gasteiger partial charge in [-0.15, -0.1) is 0 Å². The molecule has 1 unspecified atom stereocenters. The number of pyridine rings is 1. The van der Waals surface area contributed by atoms with Crippen molar-refractivity contribution in [3.63, 3.8) is 0 Å². The van der Waals surface area contributed by atoms with Crippen LogP contribution in [0.25, 0.3) is 32.5 Å². The Morgan fingerprint density at radius 2 is 2.00 bits per heavy atom. The highest BCUT2D eigenvalue weighted by Crippen LogP contribution is 2.47. The van der Waals surface area contributed by atoms with E-state index in [-0.39, 0.29) is 42.6 Å². The smallest absolute Gasteiger partial charge is 0.255 e. The molecule has 0 aliphatic carbocycles. The highest BCUT2D eigenvalue weighted by atomic mass is 35.5. The molecular weight excluding hydrogens is 532 g/mol. The number of hydrogen-bond acceptors (Lipinski definition) is 7. The molecule has 0 saturated heterocycles. The summed E-state index contributed by atoms with van der Waals surface area (Å²) in [6.45, 7) is 2.17. The molecular formula is C26H20ClF2N7OS. The zero-order chi connectivity index (χ0) is 26.7. The number of nitrogens with two attached hydrogens (primary N) is 2. The molecule has 5 N–H and O–H groups in total. The van der Waals surface area contributed by atoms with E-state index >= 15 is 4.39 Å². The van der Waals surface area contributed by atoms with E-state index in [4.69, 9.17) is 23.1 Å². The molecule has 1 aliphatic heterocycles. The fourth-order valence-corrected chi connectivity index (χ4v) is 6.24. The summed E-state index contributed by atoms with van der Waals surface area (Å²) in [6.07, 6.45) is 4.87. The van der Waals surface area contributed by atoms with Crippen LogP contribution in [0, 0.1) is 11.6 Å². The topological polar surface area (TPSA) is 127 Å². The average molecular weight is 552 g/mol. The highest BCUT2D eigenvalue weighted by Gasteiger charge is 2.37. The fourth-order valence-electron chi connectivity index (χ4n) is 5.10. The van der Waals surface area contributed by atoms with Crippen LogP contribution in [0.4, 0.5) is 19.7 Å². The second-order valence-electron chi connectivity index (χ2n) is 8.95. The third-order valence-corrected chi connectivity index (χ3v) is 8.22. The Morgan fingerprint density at radius 1 is 1.18 bits per heavy atom. The number of halogens is 3. The number of anilines is 2. The van der Waals surface area contributed by atoms with Gasteiger partial charge in [0.25, 0.3) is 5.91 Å². The van der Waals surface area contributed by atoms with Crippen LogP contribution in [-0.2, 0) is 6.42 Å². The zero-order valence-electron chi connectivity index (χ0n) is 19.9. The molecule has 12 heteroatoms. The van der Waals surface area contributed by atoms with Crippen LogP contribution >= 0.6 is 22.9 Å². The summed E-state index contributed by atoms with van der Waals surface area (Å²) in [5.74, 6) is -1.33. The highest BCUT2D eigenvalue weighted by molar-refractivity contribution is 7.22. The first-order valence-corrected chi connectivity index (χ1v) is 12.9. The van der Waals surface area contributed by atoms with Crippen molar-refractivity contribution in [3.8, 4) is 22.3 Å². The van der Waals surface area contributed by atoms with Crippen LogP contribution < -0.4 is 11.5 Å². The molecule has 1 aliphatic rings. The minimum Gasteiger partial charge on any atom is -0.383 e. The Morgan fingerprint density at radius 3 is 2.74 bits per heavy atom. The molecule has 0 saturated carbocycles. The molecule has 5 aromatic rings. The normalized spacial score (nSPS) is 14.2. The number of nitrogen functional groups attached to an aromatic ring is 2. The molecule has 0 radical (unpaired) electrons. The van der Waals surface area contributed by atoms with Crippen molar-refractivity contribution >= 4 is 50.0 Å². The number of hydrogen-bond donors (Lipinski definition) is 3. The van der Waals surface area contributed by atoms with Crippen LogP contribution in [0.3, 0.4) is 0 Å². The van der Waals surface area contributed by atoms with E-state index in [9.17, 15) is 9.18 Å². The molecule has 1 atom stereocenters. The zero-order valence-corrected chi connectivity index (χ0v) is 21.5. The van der Waals surface area contributed by atoms with Gasteiger partial charge in [-0.1, -0.05) is 29.0 Å². The molecule has 192 valence electrons. The van der Waals surface area contributed by atoms with Gasteiger partial charge in [0.2, 0.25) is 0 Å². The fraction of sp³-hybridized carbons (Fsp3) is 0.154. The van der Waals surface area contributed by atoms with Crippen molar-refractivity contribution in [2.45, 2.75) is 19.4 Å². The Hall–Kier alpha value is -4.09. The Kier molecular flexibility index (Phi) is 5.77. The SMILES string of the molecule is CC(c1cccnc1N)N1CCc2c(Cl)c(-c3ccc(F)c4sc(N)nc34)c(F)c(-c3cn[nH]c3)c2C1=O. The monoisotopic (exact) mass is 551 g/mol. The number of amides is 1. The van der Waals surface area contributed by atoms with Gasteiger partial charge in [0.1, 0.15) is 17.5 Å². The molecule has 6 rings (SSSR count). The van der Waals surface area contributed by atoms with Crippen LogP contribution in [-0.4, -0.2) is 37.5 Å². The number of rotatable bonds is 4. The van der Waals surface area contributed by atoms with E-state index in [1.165, 1.54) is 24.5 Å². The lowest BCUT2D eigenvalue weighted by Gasteiger charge is -2.36. The third kappa shape index (κ3) is 3.61. The predicted molar refractivity (Wildman–Crippen MR) is 144 cm³/mol. The van der Waals surface area contributed by atoms with Crippen molar-refractivity contribution in [2.75, 3.05) is 18.0 Å². The molecule has 2 aromatic carbocycles. The average Bonchev–Trinajstić information content (AvgIpc) is 3.56. The van der Waals surface area contributed by atoms with Gasteiger partial charge in [-0.25, -0.2) is 18.7 Å². The number of aromatic nitrogens is 4. The maximum absolute atomic E-state index is 16.6. The molecule has 3 aromatic heterocycles. The summed E-state index contributed by atoms with van der Waals surface area (Å²) in [4.78, 5) is 24.0. The summed E-state index contributed by atoms with van der Waals surface area (Å²) in [7, 11) is 0. The van der Waals surface area contributed by atoms with Gasteiger partial charge in [-0.2, -0.15) is 5.10 Å². The van der Waals surface area contributed by atoms with E-state index in [1.807, 2.05) is 13.0 Å². The molecule has 38 heavy (non-hydrogen) atoms. The minimum absolute atomic E-state index is 0.0303. The van der Waals surface area contributed by atoms with Crippen molar-refractivity contribution in [1.29, 1.82) is 0 Å². The number of carbonyl (C=O) groups excluding carboxylic acids is 1. The van der Waals surface area contributed by atoms with Crippen molar-refractivity contribution in [1.82, 2.24) is 25.1 Å². The number of thiazole rings is 1. The van der Waals surface area contributed by atoms with Gasteiger partial charge < -0.3 is 16.4 Å². The Balaban J connectivity index is 1.59. The van der Waals surface area contributed by atoms with Gasteiger partial charge in [-0.3, -0.25) is 9.89 Å². The van der Waals surface area contributed by atoms with E-state index in [2.05, 4.69) is 20.2 Å². The lowest BCUT2D eigenvalue weighted by Crippen LogP contribution is -2.40. The lowest BCUT2D eigenvalue weighted by atomic mass is 9.86. The summed E-state index contributed by atoms with van der Waals surface area (Å²) < 4.78 is 31.3. The van der Waals surface area contributed by atoms with Crippen molar-refractivity contribution < 1.29 is 13.6 Å². The number of aromatic amines is 1. The first kappa shape index (κ1) is 24.3. The number of H-pyrrole nitrogens is 1. The second kappa shape index (κ2) is 9.03. The maximum Gasteiger partial charge on any atom is 0.255 e. The summed E-state index contributed by atoms with van der Waals surface area (Å²) >= 11 is 7.84. The van der Waals surface area contributed by atoms with Crippen molar-refractivity contribution in [2.24, 2.45) is 0 Å². The quantitative estimate of drug-likeness (QED) is 0.267. The van der Waals surface area contributed by atoms with E-state index in [1.54, 1.807) is 17.2 Å². The van der Waals surface area contributed by atoms with Gasteiger partial charge >= 0.3 is 0 Å². The molecule has 1 amide bonds. The molecule has 0 bridgehead atoms. The van der Waals surface area contributed by atoms with Gasteiger partial charge in [0, 0.05) is 46.8 Å². The van der Waals surface area contributed by atoms with Crippen molar-refractivity contribution in [3.05, 3.63) is 76.2 Å². The van der Waals surface area contributed by atoms with Crippen LogP contribution in [0.2, 0.25) is 5.02 Å². The molecule has 4 heterocycles. The van der Waals surface area contributed by atoms with E-state index in [0.29, 0.717) is 35.5 Å². The van der Waals surface area contributed by atoms with Crippen LogP contribution in [0.15, 0.2) is 42.9 Å². The van der Waals surface area contributed by atoms with Crippen LogP contribution in [0.5, 0.6) is 0 Å². The minimum atomic E-state index is -0.738. The lowest BCUT2D eigenvalue weighted by molar-refractivity contribution is 0.0673. The van der Waals surface area contributed by atoms with E-state index < -0.39 is 23.6 Å². The van der Waals surface area contributed by atoms with Crippen LogP contribution in [0.1, 0.15) is 34.5 Å². The van der Waals surface area contributed by atoms with E-state index in [0.717, 1.165) is 11.3 Å². The van der Waals surface area contributed by atoms with Gasteiger partial charge in [0.15, 0.2) is 5.13 Å². The summed E-state index contributed by atoms with van der Waals surface area (Å²) in [5, 5.41) is 6.87. The molecule has 8 nitrogen and oxygen atoms in total. The number of nitrogens with one attached hydrogen (secondary N) is 1.